The van der Waals surface area contributed by atoms with Gasteiger partial charge in [-0.05, 0) is 43.0 Å². The molecule has 1 atom stereocenters. The number of nitrogens with two attached hydrogens (primary N) is 1. The van der Waals surface area contributed by atoms with Gasteiger partial charge in [0, 0.05) is 25.2 Å². The van der Waals surface area contributed by atoms with E-state index in [4.69, 9.17) is 5.73 Å². The van der Waals surface area contributed by atoms with Crippen LogP contribution in [0.1, 0.15) is 24.8 Å². The lowest BCUT2D eigenvalue weighted by Gasteiger charge is -2.30. The summed E-state index contributed by atoms with van der Waals surface area (Å²) < 4.78 is 26.9. The van der Waals surface area contributed by atoms with Crippen molar-refractivity contribution in [1.82, 2.24) is 4.31 Å². The predicted octanol–water partition coefficient (Wildman–Crippen LogP) is 0.457. The van der Waals surface area contributed by atoms with Gasteiger partial charge in [-0.2, -0.15) is 4.31 Å². The summed E-state index contributed by atoms with van der Waals surface area (Å²) in [5.41, 5.74) is 6.79. The number of primary amides is 1. The Labute approximate surface area is 134 Å². The highest BCUT2D eigenvalue weighted by atomic mass is 32.2. The van der Waals surface area contributed by atoms with Crippen LogP contribution < -0.4 is 11.1 Å². The molecule has 0 aromatic heterocycles. The fourth-order valence-electron chi connectivity index (χ4n) is 3.06. The number of carbonyl (C=O) groups excluding carboxylic acids is 2. The van der Waals surface area contributed by atoms with E-state index < -0.39 is 21.8 Å². The van der Waals surface area contributed by atoms with Crippen molar-refractivity contribution < 1.29 is 18.0 Å². The van der Waals surface area contributed by atoms with Crippen LogP contribution in [0.4, 0.5) is 5.69 Å². The van der Waals surface area contributed by atoms with Gasteiger partial charge in [0.2, 0.25) is 21.8 Å². The first kappa shape index (κ1) is 15.9. The van der Waals surface area contributed by atoms with Crippen LogP contribution in [0.5, 0.6) is 0 Å². The number of fused-ring (bicyclic) bond motifs is 1. The third kappa shape index (κ3) is 3.09. The molecule has 3 rings (SSSR count). The maximum absolute atomic E-state index is 12.8. The van der Waals surface area contributed by atoms with Gasteiger partial charge in [0.25, 0.3) is 0 Å². The minimum atomic E-state index is -3.66. The zero-order chi connectivity index (χ0) is 16.6. The fraction of sp³-hybridized carbons (Fsp3) is 0.467. The Morgan fingerprint density at radius 2 is 2.09 bits per heavy atom. The van der Waals surface area contributed by atoms with Crippen molar-refractivity contribution in [3.8, 4) is 0 Å². The molecular weight excluding hydrogens is 318 g/mol. The molecule has 1 aromatic carbocycles. The van der Waals surface area contributed by atoms with E-state index in [0.29, 0.717) is 37.9 Å². The number of hydrogen-bond acceptors (Lipinski definition) is 4. The van der Waals surface area contributed by atoms with E-state index in [1.165, 1.54) is 10.4 Å². The number of nitrogens with one attached hydrogen (secondary N) is 1. The van der Waals surface area contributed by atoms with Gasteiger partial charge in [-0.25, -0.2) is 8.42 Å². The van der Waals surface area contributed by atoms with Crippen LogP contribution in [-0.4, -0.2) is 37.6 Å². The summed E-state index contributed by atoms with van der Waals surface area (Å²) in [4.78, 5) is 22.9. The van der Waals surface area contributed by atoms with Crippen molar-refractivity contribution in [3.63, 3.8) is 0 Å². The molecule has 2 heterocycles. The summed E-state index contributed by atoms with van der Waals surface area (Å²) in [5.74, 6) is -0.957. The quantitative estimate of drug-likeness (QED) is 0.835. The van der Waals surface area contributed by atoms with Crippen molar-refractivity contribution in [2.75, 3.05) is 18.4 Å². The normalized spacial score (nSPS) is 22.3. The maximum Gasteiger partial charge on any atom is 0.243 e. The van der Waals surface area contributed by atoms with Gasteiger partial charge in [-0.15, -0.1) is 0 Å². The summed E-state index contributed by atoms with van der Waals surface area (Å²) in [5, 5.41) is 2.73. The molecule has 0 saturated carbocycles. The molecule has 124 valence electrons. The summed E-state index contributed by atoms with van der Waals surface area (Å²) in [6.45, 7) is 0.519. The lowest BCUT2D eigenvalue weighted by Crippen LogP contribution is -2.44. The third-order valence-electron chi connectivity index (χ3n) is 4.40. The molecule has 1 aromatic rings. The highest BCUT2D eigenvalue weighted by molar-refractivity contribution is 7.89. The Kier molecular flexibility index (Phi) is 4.11. The maximum atomic E-state index is 12.8. The molecule has 1 fully saturated rings. The Morgan fingerprint density at radius 3 is 2.83 bits per heavy atom. The summed E-state index contributed by atoms with van der Waals surface area (Å²) >= 11 is 0. The second kappa shape index (κ2) is 5.93. The van der Waals surface area contributed by atoms with E-state index in [-0.39, 0.29) is 17.3 Å². The molecule has 2 aliphatic rings. The number of piperidine rings is 1. The smallest absolute Gasteiger partial charge is 0.243 e. The fourth-order valence-corrected chi connectivity index (χ4v) is 4.64. The third-order valence-corrected chi connectivity index (χ3v) is 6.26. The number of sulfonamides is 1. The van der Waals surface area contributed by atoms with Crippen LogP contribution in [0.2, 0.25) is 0 Å². The average Bonchev–Trinajstić information content (AvgIpc) is 2.54. The molecular formula is C15H19N3O4S. The second-order valence-electron chi connectivity index (χ2n) is 5.97. The molecule has 0 spiro atoms. The lowest BCUT2D eigenvalue weighted by atomic mass is 9.99. The van der Waals surface area contributed by atoms with Crippen molar-refractivity contribution in [2.45, 2.75) is 30.6 Å². The molecule has 8 heteroatoms. The number of amides is 2. The molecule has 7 nitrogen and oxygen atoms in total. The minimum Gasteiger partial charge on any atom is -0.369 e. The predicted molar refractivity (Wildman–Crippen MR) is 84.1 cm³/mol. The minimum absolute atomic E-state index is 0.0616. The SMILES string of the molecule is NC(=O)[C@H]1CCCN(S(=O)(=O)c2ccc3c(c2)CCC(=O)N3)C1. The van der Waals surface area contributed by atoms with E-state index in [1.807, 2.05) is 0 Å². The van der Waals surface area contributed by atoms with Crippen molar-refractivity contribution in [1.29, 1.82) is 0 Å². The first-order valence-corrected chi connectivity index (χ1v) is 9.04. The number of rotatable bonds is 3. The zero-order valence-corrected chi connectivity index (χ0v) is 13.4. The molecule has 2 amide bonds. The molecule has 0 aliphatic carbocycles. The van der Waals surface area contributed by atoms with Crippen LogP contribution >= 0.6 is 0 Å². The summed E-state index contributed by atoms with van der Waals surface area (Å²) in [6, 6.07) is 4.72. The van der Waals surface area contributed by atoms with E-state index in [0.717, 1.165) is 5.56 Å². The summed E-state index contributed by atoms with van der Waals surface area (Å²) in [6.07, 6.45) is 2.11. The van der Waals surface area contributed by atoms with Crippen molar-refractivity contribution >= 4 is 27.5 Å². The molecule has 0 radical (unpaired) electrons. The second-order valence-corrected chi connectivity index (χ2v) is 7.91. The van der Waals surface area contributed by atoms with Crippen LogP contribution in [0.3, 0.4) is 0 Å². The highest BCUT2D eigenvalue weighted by Crippen LogP contribution is 2.29. The summed E-state index contributed by atoms with van der Waals surface area (Å²) in [7, 11) is -3.66. The van der Waals surface area contributed by atoms with Crippen LogP contribution in [0.15, 0.2) is 23.1 Å². The van der Waals surface area contributed by atoms with Crippen LogP contribution in [0, 0.1) is 5.92 Å². The Morgan fingerprint density at radius 1 is 1.30 bits per heavy atom. The molecule has 0 unspecified atom stereocenters. The molecule has 23 heavy (non-hydrogen) atoms. The van der Waals surface area contributed by atoms with Gasteiger partial charge < -0.3 is 11.1 Å². The number of anilines is 1. The van der Waals surface area contributed by atoms with E-state index in [2.05, 4.69) is 5.32 Å². The van der Waals surface area contributed by atoms with Gasteiger partial charge in [-0.1, -0.05) is 0 Å². The molecule has 0 bridgehead atoms. The highest BCUT2D eigenvalue weighted by Gasteiger charge is 2.33. The first-order chi connectivity index (χ1) is 10.9. The van der Waals surface area contributed by atoms with Crippen LogP contribution in [0.25, 0.3) is 0 Å². The van der Waals surface area contributed by atoms with E-state index >= 15 is 0 Å². The standard InChI is InChI=1S/C15H19N3O4S/c16-15(20)11-2-1-7-18(9-11)23(21,22)12-4-5-13-10(8-12)3-6-14(19)17-13/h4-5,8,11H,1-3,6-7,9H2,(H2,16,20)(H,17,19)/t11-/m0/s1. The first-order valence-electron chi connectivity index (χ1n) is 7.60. The molecule has 2 aliphatic heterocycles. The molecule has 1 saturated heterocycles. The number of aryl methyl sites for hydroxylation is 1. The van der Waals surface area contributed by atoms with Crippen molar-refractivity contribution in [3.05, 3.63) is 23.8 Å². The van der Waals surface area contributed by atoms with Crippen molar-refractivity contribution in [2.24, 2.45) is 11.7 Å². The number of benzene rings is 1. The monoisotopic (exact) mass is 337 g/mol. The zero-order valence-electron chi connectivity index (χ0n) is 12.6. The average molecular weight is 337 g/mol. The Bertz CT molecular complexity index is 760. The van der Waals surface area contributed by atoms with Gasteiger partial charge in [-0.3, -0.25) is 9.59 Å². The topological polar surface area (TPSA) is 110 Å². The lowest BCUT2D eigenvalue weighted by molar-refractivity contribution is -0.122. The number of nitrogens with zero attached hydrogens (tertiary/aromatic N) is 1. The molecule has 3 N–H and O–H groups in total. The largest absolute Gasteiger partial charge is 0.369 e. The van der Waals surface area contributed by atoms with Gasteiger partial charge >= 0.3 is 0 Å². The number of hydrogen-bond donors (Lipinski definition) is 2. The van der Waals surface area contributed by atoms with E-state index in [9.17, 15) is 18.0 Å². The Balaban J connectivity index is 1.88. The van der Waals surface area contributed by atoms with E-state index in [1.54, 1.807) is 12.1 Å². The van der Waals surface area contributed by atoms with Crippen LogP contribution in [-0.2, 0) is 26.0 Å². The van der Waals surface area contributed by atoms with Gasteiger partial charge in [0.15, 0.2) is 0 Å². The number of carbonyl (C=O) groups is 2. The Hall–Kier alpha value is -1.93. The van der Waals surface area contributed by atoms with Gasteiger partial charge in [0.1, 0.15) is 0 Å². The van der Waals surface area contributed by atoms with Gasteiger partial charge in [0.05, 0.1) is 10.8 Å².